The van der Waals surface area contributed by atoms with E-state index in [2.05, 4.69) is 24.1 Å². The van der Waals surface area contributed by atoms with Gasteiger partial charge >= 0.3 is 5.97 Å². The average Bonchev–Trinajstić information content (AvgIpc) is 2.48. The van der Waals surface area contributed by atoms with Crippen molar-refractivity contribution in [1.82, 2.24) is 4.90 Å². The van der Waals surface area contributed by atoms with Gasteiger partial charge in [-0.15, -0.1) is 0 Å². The third-order valence-corrected chi connectivity index (χ3v) is 3.13. The second kappa shape index (κ2) is 9.95. The van der Waals surface area contributed by atoms with Crippen molar-refractivity contribution in [2.45, 2.75) is 33.6 Å². The predicted molar refractivity (Wildman–Crippen MR) is 88.1 cm³/mol. The van der Waals surface area contributed by atoms with Gasteiger partial charge < -0.3 is 10.1 Å². The topological polar surface area (TPSA) is 58.6 Å². The summed E-state index contributed by atoms with van der Waals surface area (Å²) >= 11 is 0. The van der Waals surface area contributed by atoms with Crippen molar-refractivity contribution in [1.29, 1.82) is 0 Å². The van der Waals surface area contributed by atoms with Gasteiger partial charge in [-0.3, -0.25) is 9.69 Å². The highest BCUT2D eigenvalue weighted by atomic mass is 16.5. The first-order chi connectivity index (χ1) is 10.6. The van der Waals surface area contributed by atoms with Crippen LogP contribution in [-0.2, 0) is 9.53 Å². The Labute approximate surface area is 132 Å². The summed E-state index contributed by atoms with van der Waals surface area (Å²) in [4.78, 5) is 25.7. The largest absolute Gasteiger partial charge is 0.462 e. The van der Waals surface area contributed by atoms with Crippen molar-refractivity contribution in [2.75, 3.05) is 31.6 Å². The number of carbonyl (C=O) groups excluding carboxylic acids is 2. The number of carbonyl (C=O) groups is 2. The fourth-order valence-electron chi connectivity index (χ4n) is 2.21. The van der Waals surface area contributed by atoms with E-state index in [9.17, 15) is 9.59 Å². The maximum absolute atomic E-state index is 12.0. The minimum absolute atomic E-state index is 0.0363. The van der Waals surface area contributed by atoms with Crippen LogP contribution >= 0.6 is 0 Å². The molecule has 0 saturated carbocycles. The zero-order valence-corrected chi connectivity index (χ0v) is 13.7. The fourth-order valence-corrected chi connectivity index (χ4v) is 2.21. The lowest BCUT2D eigenvalue weighted by molar-refractivity contribution is -0.117. The highest BCUT2D eigenvalue weighted by Gasteiger charge is 2.10. The van der Waals surface area contributed by atoms with Crippen LogP contribution in [0.5, 0.6) is 0 Å². The van der Waals surface area contributed by atoms with Gasteiger partial charge in [-0.25, -0.2) is 4.79 Å². The Kier molecular flexibility index (Phi) is 8.22. The number of nitrogens with one attached hydrogen (secondary N) is 1. The summed E-state index contributed by atoms with van der Waals surface area (Å²) in [6.45, 7) is 8.56. The lowest BCUT2D eigenvalue weighted by atomic mass is 10.2. The van der Waals surface area contributed by atoms with Crippen molar-refractivity contribution in [3.63, 3.8) is 0 Å². The van der Waals surface area contributed by atoms with Crippen LogP contribution in [0.4, 0.5) is 5.69 Å². The summed E-state index contributed by atoms with van der Waals surface area (Å²) < 4.78 is 4.92. The Bertz CT molecular complexity index is 465. The van der Waals surface area contributed by atoms with Crippen molar-refractivity contribution >= 4 is 17.6 Å². The highest BCUT2D eigenvalue weighted by molar-refractivity contribution is 5.94. The summed E-state index contributed by atoms with van der Waals surface area (Å²) in [6, 6.07) is 6.75. The van der Waals surface area contributed by atoms with Gasteiger partial charge in [-0.05, 0) is 57.1 Å². The van der Waals surface area contributed by atoms with E-state index in [4.69, 9.17) is 4.74 Å². The fraction of sp³-hybridized carbons (Fsp3) is 0.529. The Balaban J connectivity index is 2.55. The van der Waals surface area contributed by atoms with Gasteiger partial charge in [0.2, 0.25) is 5.91 Å². The Morgan fingerprint density at radius 2 is 1.64 bits per heavy atom. The van der Waals surface area contributed by atoms with Crippen LogP contribution in [0.1, 0.15) is 44.0 Å². The predicted octanol–water partition coefficient (Wildman–Crippen LogP) is 2.92. The molecule has 0 aliphatic heterocycles. The van der Waals surface area contributed by atoms with E-state index in [0.717, 1.165) is 25.9 Å². The highest BCUT2D eigenvalue weighted by Crippen LogP contribution is 2.11. The first kappa shape index (κ1) is 18.2. The zero-order chi connectivity index (χ0) is 16.4. The smallest absolute Gasteiger partial charge is 0.338 e. The van der Waals surface area contributed by atoms with Crippen LogP contribution in [0, 0.1) is 0 Å². The van der Waals surface area contributed by atoms with Gasteiger partial charge in [0, 0.05) is 5.69 Å². The number of anilines is 1. The van der Waals surface area contributed by atoms with Gasteiger partial charge in [0.05, 0.1) is 18.7 Å². The molecule has 0 radical (unpaired) electrons. The van der Waals surface area contributed by atoms with Crippen LogP contribution in [0.15, 0.2) is 24.3 Å². The summed E-state index contributed by atoms with van der Waals surface area (Å²) in [5.74, 6) is -0.386. The first-order valence-electron chi connectivity index (χ1n) is 7.90. The third kappa shape index (κ3) is 6.26. The van der Waals surface area contributed by atoms with E-state index < -0.39 is 0 Å². The van der Waals surface area contributed by atoms with E-state index in [0.29, 0.717) is 24.4 Å². The molecular formula is C17H26N2O3. The second-order valence-corrected chi connectivity index (χ2v) is 5.12. The number of benzene rings is 1. The lowest BCUT2D eigenvalue weighted by Crippen LogP contribution is -2.34. The molecule has 122 valence electrons. The van der Waals surface area contributed by atoms with E-state index in [-0.39, 0.29) is 11.9 Å². The van der Waals surface area contributed by atoms with Crippen molar-refractivity contribution in [3.8, 4) is 0 Å². The molecule has 5 heteroatoms. The number of rotatable bonds is 9. The molecule has 0 aliphatic rings. The molecule has 0 aromatic heterocycles. The normalized spacial score (nSPS) is 10.5. The van der Waals surface area contributed by atoms with Crippen LogP contribution < -0.4 is 5.32 Å². The molecule has 1 amide bonds. The van der Waals surface area contributed by atoms with Crippen LogP contribution in [-0.4, -0.2) is 43.0 Å². The Hall–Kier alpha value is -1.88. The summed E-state index contributed by atoms with van der Waals surface area (Å²) in [7, 11) is 0. The summed E-state index contributed by atoms with van der Waals surface area (Å²) in [5, 5.41) is 2.85. The van der Waals surface area contributed by atoms with Gasteiger partial charge in [0.15, 0.2) is 0 Å². The number of ether oxygens (including phenoxy) is 1. The quantitative estimate of drug-likeness (QED) is 0.713. The molecule has 1 aromatic carbocycles. The molecule has 22 heavy (non-hydrogen) atoms. The molecule has 1 aromatic rings. The first-order valence-corrected chi connectivity index (χ1v) is 7.90. The standard InChI is InChI=1S/C17H26N2O3/c1-4-11-19(12-5-2)13-16(20)18-15-9-7-14(8-10-15)17(21)22-6-3/h7-10H,4-6,11-13H2,1-3H3,(H,18,20). The summed E-state index contributed by atoms with van der Waals surface area (Å²) in [6.07, 6.45) is 2.06. The molecule has 1 N–H and O–H groups in total. The molecule has 0 heterocycles. The van der Waals surface area contributed by atoms with E-state index in [1.807, 2.05) is 0 Å². The molecule has 0 bridgehead atoms. The molecule has 0 atom stereocenters. The minimum atomic E-state index is -0.350. The van der Waals surface area contributed by atoms with Crippen molar-refractivity contribution in [2.24, 2.45) is 0 Å². The third-order valence-electron chi connectivity index (χ3n) is 3.13. The Morgan fingerprint density at radius 3 is 2.14 bits per heavy atom. The summed E-state index contributed by atoms with van der Waals surface area (Å²) in [5.41, 5.74) is 1.17. The average molecular weight is 306 g/mol. The maximum atomic E-state index is 12.0. The van der Waals surface area contributed by atoms with Gasteiger partial charge in [-0.1, -0.05) is 13.8 Å². The van der Waals surface area contributed by atoms with Gasteiger partial charge in [0.1, 0.15) is 0 Å². The van der Waals surface area contributed by atoms with E-state index in [1.165, 1.54) is 0 Å². The molecular weight excluding hydrogens is 280 g/mol. The molecule has 5 nitrogen and oxygen atoms in total. The van der Waals surface area contributed by atoms with E-state index >= 15 is 0 Å². The lowest BCUT2D eigenvalue weighted by Gasteiger charge is -2.20. The number of nitrogens with zero attached hydrogens (tertiary/aromatic N) is 1. The molecule has 0 aliphatic carbocycles. The Morgan fingerprint density at radius 1 is 1.05 bits per heavy atom. The number of amides is 1. The second-order valence-electron chi connectivity index (χ2n) is 5.12. The van der Waals surface area contributed by atoms with Gasteiger partial charge in [-0.2, -0.15) is 0 Å². The molecule has 0 saturated heterocycles. The van der Waals surface area contributed by atoms with Crippen LogP contribution in [0.25, 0.3) is 0 Å². The van der Waals surface area contributed by atoms with E-state index in [1.54, 1.807) is 31.2 Å². The van der Waals surface area contributed by atoms with Crippen molar-refractivity contribution in [3.05, 3.63) is 29.8 Å². The molecule has 1 rings (SSSR count). The monoisotopic (exact) mass is 306 g/mol. The maximum Gasteiger partial charge on any atom is 0.338 e. The molecule has 0 fully saturated rings. The number of hydrogen-bond acceptors (Lipinski definition) is 4. The van der Waals surface area contributed by atoms with Crippen molar-refractivity contribution < 1.29 is 14.3 Å². The zero-order valence-electron chi connectivity index (χ0n) is 13.7. The molecule has 0 unspecified atom stereocenters. The number of esters is 1. The van der Waals surface area contributed by atoms with Crippen LogP contribution in [0.2, 0.25) is 0 Å². The number of hydrogen-bond donors (Lipinski definition) is 1. The van der Waals surface area contributed by atoms with Gasteiger partial charge in [0.25, 0.3) is 0 Å². The molecule has 0 spiro atoms. The SMILES string of the molecule is CCCN(CCC)CC(=O)Nc1ccc(C(=O)OCC)cc1. The minimum Gasteiger partial charge on any atom is -0.462 e. The van der Waals surface area contributed by atoms with Crippen LogP contribution in [0.3, 0.4) is 0 Å².